The van der Waals surface area contributed by atoms with Crippen LogP contribution in [0, 0.1) is 5.41 Å². The molecule has 0 saturated heterocycles. The van der Waals surface area contributed by atoms with Gasteiger partial charge in [0.1, 0.15) is 5.78 Å². The van der Waals surface area contributed by atoms with Crippen LogP contribution in [0.15, 0.2) is 18.2 Å². The highest BCUT2D eigenvalue weighted by atomic mass is 35.5. The first-order valence-corrected chi connectivity index (χ1v) is 5.67. The van der Waals surface area contributed by atoms with Crippen LogP contribution in [0.1, 0.15) is 31.7 Å². The molecule has 1 saturated carbocycles. The standard InChI is InChI=1S/C12H12Cl2O/c1-12(2)9(6-11(12)15)8-5-7(13)3-4-10(8)14/h3-5,9H,6H2,1-2H3. The van der Waals surface area contributed by atoms with E-state index in [9.17, 15) is 4.79 Å². The van der Waals surface area contributed by atoms with E-state index in [2.05, 4.69) is 0 Å². The minimum atomic E-state index is -0.297. The Balaban J connectivity index is 2.39. The molecule has 1 aromatic carbocycles. The number of carbonyl (C=O) groups excluding carboxylic acids is 1. The van der Waals surface area contributed by atoms with Crippen molar-refractivity contribution >= 4 is 29.0 Å². The molecule has 1 unspecified atom stereocenters. The second-order valence-corrected chi connectivity index (χ2v) is 5.41. The number of rotatable bonds is 1. The summed E-state index contributed by atoms with van der Waals surface area (Å²) < 4.78 is 0. The molecule has 0 radical (unpaired) electrons. The first-order valence-electron chi connectivity index (χ1n) is 4.91. The first kappa shape index (κ1) is 11.0. The van der Waals surface area contributed by atoms with E-state index in [0.717, 1.165) is 5.56 Å². The summed E-state index contributed by atoms with van der Waals surface area (Å²) in [5.41, 5.74) is 0.697. The summed E-state index contributed by atoms with van der Waals surface area (Å²) in [5, 5.41) is 1.37. The van der Waals surface area contributed by atoms with E-state index < -0.39 is 0 Å². The van der Waals surface area contributed by atoms with E-state index in [1.54, 1.807) is 12.1 Å². The number of carbonyl (C=O) groups is 1. The molecule has 80 valence electrons. The normalized spacial score (nSPS) is 23.7. The van der Waals surface area contributed by atoms with E-state index in [1.165, 1.54) is 0 Å². The summed E-state index contributed by atoms with van der Waals surface area (Å²) in [7, 11) is 0. The van der Waals surface area contributed by atoms with Gasteiger partial charge in [-0.15, -0.1) is 0 Å². The van der Waals surface area contributed by atoms with Crippen LogP contribution < -0.4 is 0 Å². The minimum Gasteiger partial charge on any atom is -0.299 e. The zero-order valence-electron chi connectivity index (χ0n) is 8.68. The molecule has 1 aliphatic carbocycles. The van der Waals surface area contributed by atoms with Gasteiger partial charge < -0.3 is 0 Å². The van der Waals surface area contributed by atoms with Gasteiger partial charge in [-0.25, -0.2) is 0 Å². The number of halogens is 2. The van der Waals surface area contributed by atoms with Gasteiger partial charge in [0.25, 0.3) is 0 Å². The number of hydrogen-bond donors (Lipinski definition) is 0. The van der Waals surface area contributed by atoms with Crippen LogP contribution in [0.5, 0.6) is 0 Å². The molecule has 3 heteroatoms. The maximum absolute atomic E-state index is 11.5. The summed E-state index contributed by atoms with van der Waals surface area (Å²) in [5.74, 6) is 0.500. The molecule has 1 aromatic rings. The van der Waals surface area contributed by atoms with Gasteiger partial charge in [0.05, 0.1) is 0 Å². The van der Waals surface area contributed by atoms with E-state index in [4.69, 9.17) is 23.2 Å². The van der Waals surface area contributed by atoms with Crippen molar-refractivity contribution in [1.29, 1.82) is 0 Å². The third-order valence-electron chi connectivity index (χ3n) is 3.31. The van der Waals surface area contributed by atoms with Gasteiger partial charge in [-0.3, -0.25) is 4.79 Å². The van der Waals surface area contributed by atoms with E-state index in [0.29, 0.717) is 22.2 Å². The van der Waals surface area contributed by atoms with E-state index >= 15 is 0 Å². The number of Topliss-reactive ketones (excluding diaryl/α,β-unsaturated/α-hetero) is 1. The predicted molar refractivity (Wildman–Crippen MR) is 62.6 cm³/mol. The molecule has 1 nitrogen and oxygen atoms in total. The fraction of sp³-hybridized carbons (Fsp3) is 0.417. The summed E-state index contributed by atoms with van der Waals surface area (Å²) in [4.78, 5) is 11.5. The average molecular weight is 243 g/mol. The third kappa shape index (κ3) is 1.68. The Morgan fingerprint density at radius 2 is 2.00 bits per heavy atom. The highest BCUT2D eigenvalue weighted by Gasteiger charge is 2.48. The maximum atomic E-state index is 11.5. The van der Waals surface area contributed by atoms with Crippen LogP contribution in [0.4, 0.5) is 0 Å². The molecule has 2 rings (SSSR count). The van der Waals surface area contributed by atoms with Crippen molar-refractivity contribution in [3.05, 3.63) is 33.8 Å². The van der Waals surface area contributed by atoms with Crippen molar-refractivity contribution in [2.24, 2.45) is 5.41 Å². The summed E-state index contributed by atoms with van der Waals surface area (Å²) in [6, 6.07) is 5.42. The van der Waals surface area contributed by atoms with Crippen LogP contribution in [-0.4, -0.2) is 5.78 Å². The highest BCUT2D eigenvalue weighted by molar-refractivity contribution is 6.33. The molecule has 0 aliphatic heterocycles. The number of benzene rings is 1. The van der Waals surface area contributed by atoms with Gasteiger partial charge in [0, 0.05) is 27.8 Å². The van der Waals surface area contributed by atoms with Crippen molar-refractivity contribution in [2.45, 2.75) is 26.2 Å². The zero-order chi connectivity index (χ0) is 11.2. The lowest BCUT2D eigenvalue weighted by molar-refractivity contribution is -0.137. The fourth-order valence-corrected chi connectivity index (χ4v) is 2.48. The van der Waals surface area contributed by atoms with Crippen molar-refractivity contribution in [2.75, 3.05) is 0 Å². The highest BCUT2D eigenvalue weighted by Crippen LogP contribution is 2.51. The van der Waals surface area contributed by atoms with E-state index in [1.807, 2.05) is 19.9 Å². The van der Waals surface area contributed by atoms with Crippen LogP contribution in [0.25, 0.3) is 0 Å². The molecule has 0 heterocycles. The molecule has 0 amide bonds. The summed E-state index contributed by atoms with van der Waals surface area (Å²) in [6.45, 7) is 3.92. The Labute approximate surface area is 99.4 Å². The monoisotopic (exact) mass is 242 g/mol. The van der Waals surface area contributed by atoms with Gasteiger partial charge in [-0.1, -0.05) is 37.0 Å². The molecular formula is C12H12Cl2O. The molecule has 1 aliphatic rings. The molecular weight excluding hydrogens is 231 g/mol. The average Bonchev–Trinajstić information content (AvgIpc) is 2.18. The molecule has 0 aromatic heterocycles. The largest absolute Gasteiger partial charge is 0.299 e. The Bertz CT molecular complexity index is 424. The fourth-order valence-electron chi connectivity index (χ4n) is 2.05. The Hall–Kier alpha value is -0.530. The van der Waals surface area contributed by atoms with Crippen LogP contribution >= 0.6 is 23.2 Å². The molecule has 0 spiro atoms. The lowest BCUT2D eigenvalue weighted by Crippen LogP contribution is -2.43. The maximum Gasteiger partial charge on any atom is 0.139 e. The molecule has 15 heavy (non-hydrogen) atoms. The number of ketones is 1. The lowest BCUT2D eigenvalue weighted by atomic mass is 9.59. The minimum absolute atomic E-state index is 0.205. The Kier molecular flexibility index (Phi) is 2.56. The van der Waals surface area contributed by atoms with Gasteiger partial charge >= 0.3 is 0 Å². The third-order valence-corrected chi connectivity index (χ3v) is 3.89. The van der Waals surface area contributed by atoms with Crippen LogP contribution in [-0.2, 0) is 4.79 Å². The molecule has 1 fully saturated rings. The second kappa shape index (κ2) is 3.50. The SMILES string of the molecule is CC1(C)C(=O)CC1c1cc(Cl)ccc1Cl. The van der Waals surface area contributed by atoms with Crippen molar-refractivity contribution in [3.63, 3.8) is 0 Å². The van der Waals surface area contributed by atoms with Crippen molar-refractivity contribution < 1.29 is 4.79 Å². The van der Waals surface area contributed by atoms with Gasteiger partial charge in [-0.05, 0) is 23.8 Å². The molecule has 1 atom stereocenters. The quantitative estimate of drug-likeness (QED) is 0.726. The van der Waals surface area contributed by atoms with Gasteiger partial charge in [0.15, 0.2) is 0 Å². The van der Waals surface area contributed by atoms with Crippen molar-refractivity contribution in [3.8, 4) is 0 Å². The Morgan fingerprint density at radius 3 is 2.53 bits per heavy atom. The number of hydrogen-bond acceptors (Lipinski definition) is 1. The molecule has 0 bridgehead atoms. The lowest BCUT2D eigenvalue weighted by Gasteiger charge is -2.43. The van der Waals surface area contributed by atoms with Gasteiger partial charge in [0.2, 0.25) is 0 Å². The van der Waals surface area contributed by atoms with Crippen LogP contribution in [0.3, 0.4) is 0 Å². The summed E-state index contributed by atoms with van der Waals surface area (Å²) in [6.07, 6.45) is 0.576. The second-order valence-electron chi connectivity index (χ2n) is 4.57. The Morgan fingerprint density at radius 1 is 1.33 bits per heavy atom. The van der Waals surface area contributed by atoms with E-state index in [-0.39, 0.29) is 11.3 Å². The topological polar surface area (TPSA) is 17.1 Å². The predicted octanol–water partition coefficient (Wildman–Crippen LogP) is 4.08. The van der Waals surface area contributed by atoms with Crippen molar-refractivity contribution in [1.82, 2.24) is 0 Å². The van der Waals surface area contributed by atoms with Gasteiger partial charge in [-0.2, -0.15) is 0 Å². The smallest absolute Gasteiger partial charge is 0.139 e. The zero-order valence-corrected chi connectivity index (χ0v) is 10.2. The summed E-state index contributed by atoms with van der Waals surface area (Å²) >= 11 is 12.0. The first-order chi connectivity index (χ1) is 6.93. The molecule has 0 N–H and O–H groups in total. The van der Waals surface area contributed by atoms with Crippen LogP contribution in [0.2, 0.25) is 10.0 Å².